The van der Waals surface area contributed by atoms with E-state index in [9.17, 15) is 9.90 Å². The quantitative estimate of drug-likeness (QED) is 0.536. The third-order valence-corrected chi connectivity index (χ3v) is 10.9. The van der Waals surface area contributed by atoms with Crippen LogP contribution in [0.25, 0.3) is 0 Å². The van der Waals surface area contributed by atoms with E-state index in [4.69, 9.17) is 0 Å². The van der Waals surface area contributed by atoms with E-state index >= 15 is 0 Å². The number of carbonyl (C=O) groups excluding carboxylic acids is 1. The molecule has 3 fully saturated rings. The fraction of sp³-hybridized carbons (Fsp3) is 0.893. The number of ketones is 1. The zero-order valence-corrected chi connectivity index (χ0v) is 20.4. The molecule has 0 bridgehead atoms. The average molecular weight is 415 g/mol. The number of hydrogen-bond acceptors (Lipinski definition) is 2. The zero-order valence-electron chi connectivity index (χ0n) is 20.4. The lowest BCUT2D eigenvalue weighted by atomic mass is 9.46. The maximum absolute atomic E-state index is 13.4. The van der Waals surface area contributed by atoms with Gasteiger partial charge < -0.3 is 5.11 Å². The number of fused-ring (bicyclic) bond motifs is 5. The van der Waals surface area contributed by atoms with Gasteiger partial charge in [0.1, 0.15) is 0 Å². The van der Waals surface area contributed by atoms with Crippen LogP contribution in [-0.2, 0) is 4.79 Å². The van der Waals surface area contributed by atoms with Gasteiger partial charge in [-0.25, -0.2) is 0 Å². The lowest BCUT2D eigenvalue weighted by Gasteiger charge is -2.57. The summed E-state index contributed by atoms with van der Waals surface area (Å²) in [5, 5.41) is 10.2. The Kier molecular flexibility index (Phi) is 6.06. The van der Waals surface area contributed by atoms with Crippen molar-refractivity contribution in [2.45, 2.75) is 105 Å². The van der Waals surface area contributed by atoms with Gasteiger partial charge in [0, 0.05) is 5.92 Å². The number of aliphatic hydroxyl groups is 1. The molecular formula is C28H46O2. The second-order valence-corrected chi connectivity index (χ2v) is 12.6. The Morgan fingerprint density at radius 3 is 2.43 bits per heavy atom. The highest BCUT2D eigenvalue weighted by Crippen LogP contribution is 2.66. The van der Waals surface area contributed by atoms with Crippen LogP contribution in [0.1, 0.15) is 99.3 Å². The molecule has 2 heteroatoms. The molecule has 0 aromatic carbocycles. The fourth-order valence-electron chi connectivity index (χ4n) is 8.42. The molecule has 0 aromatic rings. The van der Waals surface area contributed by atoms with Gasteiger partial charge in [-0.2, -0.15) is 0 Å². The third kappa shape index (κ3) is 3.54. The monoisotopic (exact) mass is 414 g/mol. The van der Waals surface area contributed by atoms with E-state index < -0.39 is 0 Å². The van der Waals surface area contributed by atoms with Crippen LogP contribution in [0.5, 0.6) is 0 Å². The summed E-state index contributed by atoms with van der Waals surface area (Å²) in [5.74, 6) is 4.84. The molecule has 4 rings (SSSR count). The summed E-state index contributed by atoms with van der Waals surface area (Å²) in [7, 11) is 0. The van der Waals surface area contributed by atoms with Crippen molar-refractivity contribution in [3.63, 3.8) is 0 Å². The molecule has 3 saturated carbocycles. The molecule has 4 aliphatic carbocycles. The van der Waals surface area contributed by atoms with Crippen LogP contribution in [0.4, 0.5) is 0 Å². The lowest BCUT2D eigenvalue weighted by molar-refractivity contribution is -0.135. The van der Waals surface area contributed by atoms with Crippen LogP contribution < -0.4 is 0 Å². The van der Waals surface area contributed by atoms with Gasteiger partial charge in [0.25, 0.3) is 0 Å². The Morgan fingerprint density at radius 1 is 1.00 bits per heavy atom. The van der Waals surface area contributed by atoms with Crippen LogP contribution in [-0.4, -0.2) is 17.0 Å². The van der Waals surface area contributed by atoms with Gasteiger partial charge >= 0.3 is 0 Å². The van der Waals surface area contributed by atoms with E-state index in [-0.39, 0.29) is 17.4 Å². The standard InChI is InChI=1S/C28H46O2/c1-17(2)18(3)7-8-19(4)22-9-10-23-26-24(12-14-28(22,23)6)27(5)13-11-21(29)15-20(27)16-25(26)30/h16-19,21-24,26,29H,7-15H2,1-6H3. The van der Waals surface area contributed by atoms with Gasteiger partial charge in [0.05, 0.1) is 6.10 Å². The van der Waals surface area contributed by atoms with Gasteiger partial charge in [0.15, 0.2) is 5.78 Å². The predicted octanol–water partition coefficient (Wildman–Crippen LogP) is 6.81. The van der Waals surface area contributed by atoms with Crippen molar-refractivity contribution >= 4 is 5.78 Å². The van der Waals surface area contributed by atoms with E-state index in [1.54, 1.807) is 0 Å². The minimum Gasteiger partial charge on any atom is -0.393 e. The second-order valence-electron chi connectivity index (χ2n) is 12.6. The fourth-order valence-corrected chi connectivity index (χ4v) is 8.42. The molecule has 0 aliphatic heterocycles. The molecule has 0 spiro atoms. The Balaban J connectivity index is 1.54. The first-order chi connectivity index (χ1) is 14.1. The molecule has 9 unspecified atom stereocenters. The largest absolute Gasteiger partial charge is 0.393 e. The summed E-state index contributed by atoms with van der Waals surface area (Å²) in [5.41, 5.74) is 1.75. The zero-order chi connectivity index (χ0) is 21.8. The molecule has 4 aliphatic rings. The van der Waals surface area contributed by atoms with E-state index in [0.717, 1.165) is 42.9 Å². The van der Waals surface area contributed by atoms with E-state index in [1.165, 1.54) is 44.1 Å². The number of hydrogen-bond donors (Lipinski definition) is 1. The number of allylic oxidation sites excluding steroid dienone is 1. The number of aliphatic hydroxyl groups excluding tert-OH is 1. The second kappa shape index (κ2) is 8.05. The normalized spacial score (nSPS) is 45.4. The minimum atomic E-state index is -0.243. The average Bonchev–Trinajstić information content (AvgIpc) is 3.04. The first-order valence-electron chi connectivity index (χ1n) is 13.0. The Morgan fingerprint density at radius 2 is 1.73 bits per heavy atom. The molecule has 2 nitrogen and oxygen atoms in total. The summed E-state index contributed by atoms with van der Waals surface area (Å²) >= 11 is 0. The Hall–Kier alpha value is -0.630. The summed E-state index contributed by atoms with van der Waals surface area (Å²) < 4.78 is 0. The number of rotatable bonds is 5. The van der Waals surface area contributed by atoms with Crippen LogP contribution in [0.15, 0.2) is 11.6 Å². The predicted molar refractivity (Wildman–Crippen MR) is 124 cm³/mol. The molecular weight excluding hydrogens is 368 g/mol. The molecule has 1 N–H and O–H groups in total. The molecule has 0 saturated heterocycles. The van der Waals surface area contributed by atoms with Gasteiger partial charge in [-0.15, -0.1) is 0 Å². The van der Waals surface area contributed by atoms with Crippen LogP contribution in [0.2, 0.25) is 0 Å². The van der Waals surface area contributed by atoms with E-state index in [1.807, 2.05) is 6.08 Å². The van der Waals surface area contributed by atoms with Crippen LogP contribution in [0, 0.1) is 52.3 Å². The van der Waals surface area contributed by atoms with E-state index in [0.29, 0.717) is 23.0 Å². The topological polar surface area (TPSA) is 37.3 Å². The molecule has 30 heavy (non-hydrogen) atoms. The molecule has 0 heterocycles. The minimum absolute atomic E-state index is 0.148. The number of carbonyl (C=O) groups is 1. The molecule has 9 atom stereocenters. The van der Waals surface area contributed by atoms with E-state index in [2.05, 4.69) is 41.5 Å². The van der Waals surface area contributed by atoms with Crippen molar-refractivity contribution < 1.29 is 9.90 Å². The lowest BCUT2D eigenvalue weighted by Crippen LogP contribution is -2.53. The summed E-state index contributed by atoms with van der Waals surface area (Å²) in [6, 6.07) is 0. The van der Waals surface area contributed by atoms with Crippen LogP contribution >= 0.6 is 0 Å². The molecule has 0 aromatic heterocycles. The SMILES string of the molecule is CC(C)C(C)CCC(C)C1CCC2C3C(=O)C=C4CC(O)CCC4(C)C3CCC12C. The van der Waals surface area contributed by atoms with Gasteiger partial charge in [-0.1, -0.05) is 60.0 Å². The summed E-state index contributed by atoms with van der Waals surface area (Å²) in [4.78, 5) is 13.4. The van der Waals surface area contributed by atoms with Crippen molar-refractivity contribution in [2.24, 2.45) is 52.3 Å². The summed E-state index contributed by atoms with van der Waals surface area (Å²) in [6.07, 6.45) is 12.2. The maximum atomic E-state index is 13.4. The Labute approximate surface area is 185 Å². The highest BCUT2D eigenvalue weighted by atomic mass is 16.3. The van der Waals surface area contributed by atoms with Crippen molar-refractivity contribution in [1.29, 1.82) is 0 Å². The molecule has 0 radical (unpaired) electrons. The van der Waals surface area contributed by atoms with Crippen molar-refractivity contribution in [1.82, 2.24) is 0 Å². The van der Waals surface area contributed by atoms with Gasteiger partial charge in [0.2, 0.25) is 0 Å². The van der Waals surface area contributed by atoms with Crippen molar-refractivity contribution in [2.75, 3.05) is 0 Å². The summed E-state index contributed by atoms with van der Waals surface area (Å²) in [6.45, 7) is 14.6. The third-order valence-electron chi connectivity index (χ3n) is 10.9. The molecule has 0 amide bonds. The van der Waals surface area contributed by atoms with Crippen molar-refractivity contribution in [3.8, 4) is 0 Å². The molecule has 170 valence electrons. The van der Waals surface area contributed by atoms with Crippen molar-refractivity contribution in [3.05, 3.63) is 11.6 Å². The maximum Gasteiger partial charge on any atom is 0.159 e. The van der Waals surface area contributed by atoms with Crippen LogP contribution in [0.3, 0.4) is 0 Å². The first-order valence-corrected chi connectivity index (χ1v) is 13.0. The van der Waals surface area contributed by atoms with Gasteiger partial charge in [-0.3, -0.25) is 4.79 Å². The highest BCUT2D eigenvalue weighted by Gasteiger charge is 2.61. The Bertz CT molecular complexity index is 693. The van der Waals surface area contributed by atoms with Gasteiger partial charge in [-0.05, 0) is 97.4 Å². The highest BCUT2D eigenvalue weighted by molar-refractivity contribution is 5.94. The first kappa shape index (κ1) is 22.6. The smallest absolute Gasteiger partial charge is 0.159 e.